The standard InChI is InChI=1S/C37H47Cl2N3O9/c1-22(2)16-31-36(48)50-29(24(4)37(39,41-21-33(44)45)19-25-10-7-6-8-11-25)12-9-13-32(43)42-28(34(46)40-20-23(3)35(47)51-31)18-26-14-15-30(49-5)27(38)17-26/h6-11,13-15,17,22-24,28-29,31,41H,12,16,18-21H2,1-5H3,(H,40,46)(H,42,43)(H,44,45)/b13-9+/t23-,24+,28-,29+,31+,37?/m1/s1. The van der Waals surface area contributed by atoms with Gasteiger partial charge in [0.25, 0.3) is 0 Å². The number of hydrogen-bond acceptors (Lipinski definition) is 9. The van der Waals surface area contributed by atoms with Crippen LogP contribution in [0.2, 0.25) is 5.02 Å². The minimum atomic E-state index is -1.43. The number of nitrogens with one attached hydrogen (secondary N) is 3. The van der Waals surface area contributed by atoms with Crippen molar-refractivity contribution in [1.29, 1.82) is 0 Å². The van der Waals surface area contributed by atoms with Gasteiger partial charge in [0.1, 0.15) is 22.9 Å². The zero-order chi connectivity index (χ0) is 37.7. The second-order valence-corrected chi connectivity index (χ2v) is 14.2. The quantitative estimate of drug-likeness (QED) is 0.138. The molecular formula is C37H47Cl2N3O9. The Balaban J connectivity index is 2.00. The van der Waals surface area contributed by atoms with Crippen LogP contribution in [0.25, 0.3) is 0 Å². The van der Waals surface area contributed by atoms with Gasteiger partial charge in [-0.1, -0.05) is 81.8 Å². The highest BCUT2D eigenvalue weighted by molar-refractivity contribution is 6.32. The molecule has 0 aliphatic carbocycles. The summed E-state index contributed by atoms with van der Waals surface area (Å²) in [7, 11) is 1.48. The van der Waals surface area contributed by atoms with Crippen LogP contribution < -0.4 is 20.7 Å². The van der Waals surface area contributed by atoms with Crippen molar-refractivity contribution in [1.82, 2.24) is 16.0 Å². The Morgan fingerprint density at radius 3 is 2.39 bits per heavy atom. The fourth-order valence-electron chi connectivity index (χ4n) is 5.52. The number of aliphatic carboxylic acids is 1. The number of methoxy groups -OCH3 is 1. The molecule has 6 atom stereocenters. The molecule has 1 aliphatic rings. The van der Waals surface area contributed by atoms with Gasteiger partial charge < -0.3 is 30.0 Å². The van der Waals surface area contributed by atoms with Gasteiger partial charge in [-0.2, -0.15) is 0 Å². The molecule has 4 N–H and O–H groups in total. The maximum absolute atomic E-state index is 13.7. The van der Waals surface area contributed by atoms with E-state index in [1.54, 1.807) is 32.0 Å². The predicted molar refractivity (Wildman–Crippen MR) is 192 cm³/mol. The first kappa shape index (κ1) is 41.3. The number of benzene rings is 2. The van der Waals surface area contributed by atoms with Crippen molar-refractivity contribution in [2.24, 2.45) is 17.8 Å². The lowest BCUT2D eigenvalue weighted by Gasteiger charge is -2.38. The number of carbonyl (C=O) groups excluding carboxylic acids is 4. The molecule has 1 aliphatic heterocycles. The number of carbonyl (C=O) groups is 5. The molecule has 0 saturated carbocycles. The van der Waals surface area contributed by atoms with Crippen molar-refractivity contribution in [3.05, 3.63) is 76.8 Å². The summed E-state index contributed by atoms with van der Waals surface area (Å²) >= 11 is 13.5. The zero-order valence-corrected chi connectivity index (χ0v) is 31.0. The molecule has 0 aromatic heterocycles. The molecule has 51 heavy (non-hydrogen) atoms. The number of esters is 2. The predicted octanol–water partition coefficient (Wildman–Crippen LogP) is 4.45. The van der Waals surface area contributed by atoms with E-state index in [1.807, 2.05) is 44.2 Å². The molecule has 1 unspecified atom stereocenters. The van der Waals surface area contributed by atoms with Gasteiger partial charge in [-0.25, -0.2) is 4.79 Å². The first-order valence-electron chi connectivity index (χ1n) is 16.8. The fraction of sp³-hybridized carbons (Fsp3) is 0.486. The summed E-state index contributed by atoms with van der Waals surface area (Å²) in [5.41, 5.74) is 1.45. The number of carboxylic acids is 1. The number of cyclic esters (lactones) is 2. The van der Waals surface area contributed by atoms with Crippen LogP contribution in [0.4, 0.5) is 0 Å². The molecule has 0 fully saturated rings. The van der Waals surface area contributed by atoms with E-state index in [4.69, 9.17) is 37.4 Å². The molecular weight excluding hydrogens is 701 g/mol. The summed E-state index contributed by atoms with van der Waals surface area (Å²) in [5.74, 6) is -5.04. The van der Waals surface area contributed by atoms with Crippen LogP contribution in [0.3, 0.4) is 0 Å². The molecule has 0 spiro atoms. The lowest BCUT2D eigenvalue weighted by Crippen LogP contribution is -2.54. The Bertz CT molecular complexity index is 1550. The van der Waals surface area contributed by atoms with E-state index in [-0.39, 0.29) is 38.1 Å². The second kappa shape index (κ2) is 19.5. The average molecular weight is 749 g/mol. The highest BCUT2D eigenvalue weighted by atomic mass is 35.5. The van der Waals surface area contributed by atoms with Crippen LogP contribution in [0.1, 0.15) is 51.7 Å². The fourth-order valence-corrected chi connectivity index (χ4v) is 6.16. The number of hydrogen-bond donors (Lipinski definition) is 4. The monoisotopic (exact) mass is 747 g/mol. The highest BCUT2D eigenvalue weighted by Gasteiger charge is 2.42. The van der Waals surface area contributed by atoms with Crippen LogP contribution in [-0.4, -0.2) is 78.3 Å². The van der Waals surface area contributed by atoms with Crippen LogP contribution >= 0.6 is 23.2 Å². The topological polar surface area (TPSA) is 169 Å². The summed E-state index contributed by atoms with van der Waals surface area (Å²) in [6, 6.07) is 13.1. The third-order valence-corrected chi connectivity index (χ3v) is 9.41. The van der Waals surface area contributed by atoms with E-state index in [1.165, 1.54) is 19.3 Å². The maximum atomic E-state index is 13.7. The van der Waals surface area contributed by atoms with Crippen molar-refractivity contribution in [2.45, 2.75) is 76.6 Å². The van der Waals surface area contributed by atoms with Gasteiger partial charge >= 0.3 is 17.9 Å². The molecule has 2 aromatic carbocycles. The largest absolute Gasteiger partial charge is 0.495 e. The SMILES string of the molecule is COc1ccc(C[C@H]2NC(=O)/C=C/C[C@@H]([C@H](C)C(Cl)(Cc3ccccc3)NCC(=O)O)OC(=O)[C@H](CC(C)C)OC(=O)[C@H](C)CNC2=O)cc1Cl. The number of rotatable bonds is 12. The summed E-state index contributed by atoms with van der Waals surface area (Å²) < 4.78 is 16.9. The van der Waals surface area contributed by atoms with Crippen molar-refractivity contribution >= 4 is 52.9 Å². The number of alkyl halides is 1. The minimum Gasteiger partial charge on any atom is -0.495 e. The molecule has 0 saturated heterocycles. The number of halogens is 2. The first-order valence-corrected chi connectivity index (χ1v) is 17.5. The summed E-state index contributed by atoms with van der Waals surface area (Å²) in [6.07, 6.45) is 0.795. The normalized spacial score (nSPS) is 23.2. The molecule has 12 nitrogen and oxygen atoms in total. The van der Waals surface area contributed by atoms with Gasteiger partial charge in [0.2, 0.25) is 11.8 Å². The number of ether oxygens (including phenoxy) is 3. The second-order valence-electron chi connectivity index (χ2n) is 13.1. The van der Waals surface area contributed by atoms with E-state index < -0.39 is 71.4 Å². The van der Waals surface area contributed by atoms with E-state index in [0.717, 1.165) is 5.56 Å². The number of amides is 2. The van der Waals surface area contributed by atoms with E-state index in [0.29, 0.717) is 16.3 Å². The Kier molecular flexibility index (Phi) is 15.8. The summed E-state index contributed by atoms with van der Waals surface area (Å²) in [5, 5.41) is 18.1. The Labute approximate surface area is 308 Å². The molecule has 2 aromatic rings. The molecule has 278 valence electrons. The van der Waals surface area contributed by atoms with Gasteiger partial charge in [0.05, 0.1) is 24.6 Å². The van der Waals surface area contributed by atoms with Gasteiger partial charge in [0.15, 0.2) is 6.10 Å². The molecule has 2 amide bonds. The van der Waals surface area contributed by atoms with Gasteiger partial charge in [-0.15, -0.1) is 11.6 Å². The molecule has 0 bridgehead atoms. The van der Waals surface area contributed by atoms with Crippen molar-refractivity contribution < 1.29 is 43.3 Å². The molecule has 1 heterocycles. The van der Waals surface area contributed by atoms with E-state index in [2.05, 4.69) is 16.0 Å². The van der Waals surface area contributed by atoms with Gasteiger partial charge in [-0.05, 0) is 41.7 Å². The molecule has 3 rings (SSSR count). The van der Waals surface area contributed by atoms with Crippen LogP contribution in [0.5, 0.6) is 5.75 Å². The Morgan fingerprint density at radius 1 is 1.06 bits per heavy atom. The van der Waals surface area contributed by atoms with Gasteiger partial charge in [-0.3, -0.25) is 24.5 Å². The Morgan fingerprint density at radius 2 is 1.76 bits per heavy atom. The van der Waals surface area contributed by atoms with Crippen LogP contribution in [-0.2, 0) is 46.3 Å². The summed E-state index contributed by atoms with van der Waals surface area (Å²) in [4.78, 5) is 63.7. The zero-order valence-electron chi connectivity index (χ0n) is 29.4. The van der Waals surface area contributed by atoms with Crippen molar-refractivity contribution in [2.75, 3.05) is 20.2 Å². The molecule has 0 radical (unpaired) electrons. The van der Waals surface area contributed by atoms with Crippen molar-refractivity contribution in [3.63, 3.8) is 0 Å². The number of carboxylic acid groups (broad SMARTS) is 1. The minimum absolute atomic E-state index is 0.0258. The third kappa shape index (κ3) is 12.9. The van der Waals surface area contributed by atoms with E-state index >= 15 is 0 Å². The first-order chi connectivity index (χ1) is 24.1. The van der Waals surface area contributed by atoms with Crippen molar-refractivity contribution in [3.8, 4) is 5.75 Å². The van der Waals surface area contributed by atoms with Crippen LogP contribution in [0, 0.1) is 17.8 Å². The van der Waals surface area contributed by atoms with E-state index in [9.17, 15) is 29.1 Å². The average Bonchev–Trinajstić information content (AvgIpc) is 3.08. The lowest BCUT2D eigenvalue weighted by molar-refractivity contribution is -0.176. The lowest BCUT2D eigenvalue weighted by atomic mass is 9.87. The molecule has 14 heteroatoms. The summed E-state index contributed by atoms with van der Waals surface area (Å²) in [6.45, 7) is 6.37. The Hall–Kier alpha value is -4.13. The smallest absolute Gasteiger partial charge is 0.347 e. The highest BCUT2D eigenvalue weighted by Crippen LogP contribution is 2.33. The third-order valence-electron chi connectivity index (χ3n) is 8.50. The maximum Gasteiger partial charge on any atom is 0.347 e. The van der Waals surface area contributed by atoms with Gasteiger partial charge in [0, 0.05) is 31.7 Å². The van der Waals surface area contributed by atoms with Crippen LogP contribution in [0.15, 0.2) is 60.7 Å².